The summed E-state index contributed by atoms with van der Waals surface area (Å²) in [4.78, 5) is 0. The molecule has 2 heteroatoms. The van der Waals surface area contributed by atoms with E-state index >= 15 is 0 Å². The molecule has 0 aromatic heterocycles. The summed E-state index contributed by atoms with van der Waals surface area (Å²) in [6, 6.07) is 16.0. The van der Waals surface area contributed by atoms with Crippen molar-refractivity contribution in [2.75, 3.05) is 6.61 Å². The van der Waals surface area contributed by atoms with Crippen molar-refractivity contribution >= 4 is 0 Å². The fourth-order valence-corrected chi connectivity index (χ4v) is 1.82. The zero-order valence-electron chi connectivity index (χ0n) is 10.6. The summed E-state index contributed by atoms with van der Waals surface area (Å²) in [6.07, 6.45) is 1.71. The molecule has 0 fully saturated rings. The molecule has 0 atom stereocenters. The molecule has 2 aromatic carbocycles. The highest BCUT2D eigenvalue weighted by Gasteiger charge is 1.98. The fraction of sp³-hybridized carbons (Fsp3) is 0.250. The van der Waals surface area contributed by atoms with E-state index in [4.69, 9.17) is 9.84 Å². The maximum atomic E-state index is 8.78. The van der Waals surface area contributed by atoms with Gasteiger partial charge >= 0.3 is 0 Å². The smallest absolute Gasteiger partial charge is 0.127 e. The van der Waals surface area contributed by atoms with E-state index in [2.05, 4.69) is 0 Å². The van der Waals surface area contributed by atoms with Gasteiger partial charge in [0.05, 0.1) is 0 Å². The van der Waals surface area contributed by atoms with Crippen LogP contribution in [-0.2, 0) is 6.42 Å². The van der Waals surface area contributed by atoms with E-state index in [1.807, 2.05) is 55.5 Å². The standard InChI is InChI=1S/C16H18O2/c1-13-4-2-6-16(12-13)18-15-9-7-14(8-10-15)5-3-11-17/h2,4,6-10,12,17H,3,5,11H2,1H3. The largest absolute Gasteiger partial charge is 0.457 e. The summed E-state index contributed by atoms with van der Waals surface area (Å²) in [5.41, 5.74) is 2.41. The molecule has 18 heavy (non-hydrogen) atoms. The van der Waals surface area contributed by atoms with E-state index in [-0.39, 0.29) is 6.61 Å². The third-order valence-electron chi connectivity index (χ3n) is 2.77. The number of hydrogen-bond acceptors (Lipinski definition) is 2. The van der Waals surface area contributed by atoms with E-state index in [9.17, 15) is 0 Å². The highest BCUT2D eigenvalue weighted by Crippen LogP contribution is 2.22. The average molecular weight is 242 g/mol. The molecule has 2 rings (SSSR count). The van der Waals surface area contributed by atoms with Crippen molar-refractivity contribution in [2.24, 2.45) is 0 Å². The first-order chi connectivity index (χ1) is 8.78. The van der Waals surface area contributed by atoms with Crippen LogP contribution >= 0.6 is 0 Å². The lowest BCUT2D eigenvalue weighted by Crippen LogP contribution is -1.90. The van der Waals surface area contributed by atoms with Crippen molar-refractivity contribution in [1.82, 2.24) is 0 Å². The fourth-order valence-electron chi connectivity index (χ4n) is 1.82. The molecule has 1 N–H and O–H groups in total. The minimum absolute atomic E-state index is 0.238. The molecule has 0 bridgehead atoms. The molecule has 94 valence electrons. The third kappa shape index (κ3) is 3.60. The van der Waals surface area contributed by atoms with Gasteiger partial charge in [-0.15, -0.1) is 0 Å². The van der Waals surface area contributed by atoms with Gasteiger partial charge in [-0.2, -0.15) is 0 Å². The zero-order valence-corrected chi connectivity index (χ0v) is 10.6. The Kier molecular flexibility index (Phi) is 4.37. The van der Waals surface area contributed by atoms with Crippen molar-refractivity contribution in [3.05, 3.63) is 59.7 Å². The van der Waals surface area contributed by atoms with Gasteiger partial charge in [0.15, 0.2) is 0 Å². The molecular weight excluding hydrogens is 224 g/mol. The average Bonchev–Trinajstić information content (AvgIpc) is 2.38. The van der Waals surface area contributed by atoms with Gasteiger partial charge < -0.3 is 9.84 Å². The molecule has 0 radical (unpaired) electrons. The van der Waals surface area contributed by atoms with Gasteiger partial charge in [0, 0.05) is 6.61 Å². The first-order valence-corrected chi connectivity index (χ1v) is 6.22. The second-order valence-electron chi connectivity index (χ2n) is 4.39. The number of rotatable bonds is 5. The highest BCUT2D eigenvalue weighted by molar-refractivity contribution is 5.34. The second-order valence-corrected chi connectivity index (χ2v) is 4.39. The van der Waals surface area contributed by atoms with Crippen molar-refractivity contribution in [2.45, 2.75) is 19.8 Å². The van der Waals surface area contributed by atoms with Gasteiger partial charge in [-0.25, -0.2) is 0 Å². The first-order valence-electron chi connectivity index (χ1n) is 6.22. The Morgan fingerprint density at radius 1 is 1.00 bits per heavy atom. The van der Waals surface area contributed by atoms with Crippen LogP contribution in [-0.4, -0.2) is 11.7 Å². The normalized spacial score (nSPS) is 10.3. The lowest BCUT2D eigenvalue weighted by molar-refractivity contribution is 0.288. The minimum atomic E-state index is 0.238. The van der Waals surface area contributed by atoms with Crippen LogP contribution in [0.5, 0.6) is 11.5 Å². The summed E-state index contributed by atoms with van der Waals surface area (Å²) < 4.78 is 5.77. The van der Waals surface area contributed by atoms with Gasteiger partial charge in [-0.3, -0.25) is 0 Å². The summed E-state index contributed by atoms with van der Waals surface area (Å²) in [5, 5.41) is 8.78. The van der Waals surface area contributed by atoms with Gasteiger partial charge in [0.25, 0.3) is 0 Å². The molecule has 0 aliphatic heterocycles. The van der Waals surface area contributed by atoms with Crippen molar-refractivity contribution in [3.8, 4) is 11.5 Å². The number of ether oxygens (including phenoxy) is 1. The molecule has 0 unspecified atom stereocenters. The number of aliphatic hydroxyl groups is 1. The summed E-state index contributed by atoms with van der Waals surface area (Å²) in [5.74, 6) is 1.70. The van der Waals surface area contributed by atoms with E-state index in [1.165, 1.54) is 11.1 Å². The van der Waals surface area contributed by atoms with Crippen LogP contribution in [0.1, 0.15) is 17.5 Å². The molecule has 2 aromatic rings. The summed E-state index contributed by atoms with van der Waals surface area (Å²) >= 11 is 0. The van der Waals surface area contributed by atoms with Gasteiger partial charge in [0.2, 0.25) is 0 Å². The van der Waals surface area contributed by atoms with E-state index in [0.717, 1.165) is 24.3 Å². The topological polar surface area (TPSA) is 29.5 Å². The van der Waals surface area contributed by atoms with Crippen LogP contribution in [0.2, 0.25) is 0 Å². The van der Waals surface area contributed by atoms with Crippen LogP contribution in [0, 0.1) is 6.92 Å². The monoisotopic (exact) mass is 242 g/mol. The third-order valence-corrected chi connectivity index (χ3v) is 2.77. The van der Waals surface area contributed by atoms with E-state index in [0.29, 0.717) is 0 Å². The lowest BCUT2D eigenvalue weighted by Gasteiger charge is -2.07. The van der Waals surface area contributed by atoms with Crippen LogP contribution in [0.3, 0.4) is 0 Å². The Morgan fingerprint density at radius 2 is 1.78 bits per heavy atom. The highest BCUT2D eigenvalue weighted by atomic mass is 16.5. The maximum Gasteiger partial charge on any atom is 0.127 e. The first kappa shape index (κ1) is 12.7. The van der Waals surface area contributed by atoms with E-state index in [1.54, 1.807) is 0 Å². The Bertz CT molecular complexity index is 489. The quantitative estimate of drug-likeness (QED) is 0.866. The molecule has 0 amide bonds. The number of aryl methyl sites for hydroxylation is 2. The van der Waals surface area contributed by atoms with Crippen LogP contribution in [0.4, 0.5) is 0 Å². The summed E-state index contributed by atoms with van der Waals surface area (Å²) in [6.45, 7) is 2.28. The van der Waals surface area contributed by atoms with Gasteiger partial charge in [-0.05, 0) is 55.2 Å². The van der Waals surface area contributed by atoms with E-state index < -0.39 is 0 Å². The Morgan fingerprint density at radius 3 is 2.44 bits per heavy atom. The molecule has 2 nitrogen and oxygen atoms in total. The molecular formula is C16H18O2. The Labute approximate surface area is 108 Å². The second kappa shape index (κ2) is 6.22. The number of aliphatic hydroxyl groups excluding tert-OH is 1. The minimum Gasteiger partial charge on any atom is -0.457 e. The summed E-state index contributed by atoms with van der Waals surface area (Å²) in [7, 11) is 0. The predicted molar refractivity (Wildman–Crippen MR) is 73.1 cm³/mol. The number of hydrogen-bond donors (Lipinski definition) is 1. The van der Waals surface area contributed by atoms with Gasteiger partial charge in [0.1, 0.15) is 11.5 Å². The Balaban J connectivity index is 2.02. The molecule has 0 aliphatic rings. The van der Waals surface area contributed by atoms with Crippen LogP contribution in [0.25, 0.3) is 0 Å². The van der Waals surface area contributed by atoms with Crippen molar-refractivity contribution in [3.63, 3.8) is 0 Å². The van der Waals surface area contributed by atoms with Gasteiger partial charge in [-0.1, -0.05) is 24.3 Å². The van der Waals surface area contributed by atoms with Crippen molar-refractivity contribution < 1.29 is 9.84 Å². The molecule has 0 heterocycles. The van der Waals surface area contributed by atoms with Crippen LogP contribution < -0.4 is 4.74 Å². The molecule has 0 aliphatic carbocycles. The molecule has 0 spiro atoms. The predicted octanol–water partition coefficient (Wildman–Crippen LogP) is 3.71. The molecule has 0 saturated carbocycles. The molecule has 0 saturated heterocycles. The zero-order chi connectivity index (χ0) is 12.8. The van der Waals surface area contributed by atoms with Crippen LogP contribution in [0.15, 0.2) is 48.5 Å². The number of benzene rings is 2. The lowest BCUT2D eigenvalue weighted by atomic mass is 10.1. The maximum absolute atomic E-state index is 8.78. The Hall–Kier alpha value is -1.80. The SMILES string of the molecule is Cc1cccc(Oc2ccc(CCCO)cc2)c1. The van der Waals surface area contributed by atoms with Crippen molar-refractivity contribution in [1.29, 1.82) is 0 Å².